The van der Waals surface area contributed by atoms with E-state index in [-0.39, 0.29) is 17.9 Å². The summed E-state index contributed by atoms with van der Waals surface area (Å²) in [6, 6.07) is 0. The molecule has 2 fully saturated rings. The quantitative estimate of drug-likeness (QED) is 0.706. The maximum Gasteiger partial charge on any atom is 0.223 e. The molecule has 0 aliphatic carbocycles. The summed E-state index contributed by atoms with van der Waals surface area (Å²) in [6.07, 6.45) is 4.42. The molecule has 4 heteroatoms. The molecule has 1 atom stereocenters. The number of nitrogens with one attached hydrogen (secondary N) is 2. The summed E-state index contributed by atoms with van der Waals surface area (Å²) in [5.74, 6) is 0.430. The van der Waals surface area contributed by atoms with Gasteiger partial charge >= 0.3 is 0 Å². The van der Waals surface area contributed by atoms with Crippen LogP contribution in [0, 0.1) is 5.92 Å². The van der Waals surface area contributed by atoms with Crippen LogP contribution in [0.1, 0.15) is 25.7 Å². The average molecular weight is 212 g/mol. The van der Waals surface area contributed by atoms with Crippen molar-refractivity contribution in [3.8, 4) is 0 Å². The molecule has 0 unspecified atom stereocenters. The molecule has 4 nitrogen and oxygen atoms in total. The first kappa shape index (κ1) is 10.9. The third-order valence-corrected chi connectivity index (χ3v) is 3.24. The molecular formula is C11H20N2O2. The van der Waals surface area contributed by atoms with Gasteiger partial charge in [-0.1, -0.05) is 0 Å². The van der Waals surface area contributed by atoms with Gasteiger partial charge in [-0.15, -0.1) is 0 Å². The van der Waals surface area contributed by atoms with Gasteiger partial charge in [-0.3, -0.25) is 4.79 Å². The molecule has 2 heterocycles. The Morgan fingerprint density at radius 1 is 1.33 bits per heavy atom. The van der Waals surface area contributed by atoms with Crippen molar-refractivity contribution in [2.75, 3.05) is 26.2 Å². The maximum atomic E-state index is 11.8. The van der Waals surface area contributed by atoms with Gasteiger partial charge in [0.2, 0.25) is 5.91 Å². The molecule has 0 aromatic carbocycles. The van der Waals surface area contributed by atoms with E-state index < -0.39 is 0 Å². The minimum atomic E-state index is 0.215. The largest absolute Gasteiger partial charge is 0.376 e. The second-order valence-corrected chi connectivity index (χ2v) is 4.40. The number of rotatable bonds is 3. The molecule has 2 aliphatic heterocycles. The van der Waals surface area contributed by atoms with Crippen LogP contribution >= 0.6 is 0 Å². The number of hydrogen-bond acceptors (Lipinski definition) is 3. The van der Waals surface area contributed by atoms with Crippen LogP contribution in [0.15, 0.2) is 0 Å². The number of ether oxygens (including phenoxy) is 1. The molecule has 0 saturated carbocycles. The maximum absolute atomic E-state index is 11.8. The lowest BCUT2D eigenvalue weighted by Crippen LogP contribution is -2.40. The van der Waals surface area contributed by atoms with Gasteiger partial charge in [-0.25, -0.2) is 0 Å². The van der Waals surface area contributed by atoms with Crippen LogP contribution in [0.3, 0.4) is 0 Å². The SMILES string of the molecule is O=C(NC[C@@H]1CCCO1)C1CCNCC1. The normalized spacial score (nSPS) is 27.9. The molecule has 0 aromatic heterocycles. The second-order valence-electron chi connectivity index (χ2n) is 4.40. The standard InChI is InChI=1S/C11H20N2O2/c14-11(9-3-5-12-6-4-9)13-8-10-2-1-7-15-10/h9-10,12H,1-8H2,(H,13,14)/t10-/m0/s1. The van der Waals surface area contributed by atoms with Gasteiger partial charge in [0, 0.05) is 19.1 Å². The van der Waals surface area contributed by atoms with Crippen molar-refractivity contribution in [2.45, 2.75) is 31.8 Å². The van der Waals surface area contributed by atoms with Crippen LogP contribution in [0.5, 0.6) is 0 Å². The van der Waals surface area contributed by atoms with E-state index in [0.29, 0.717) is 6.54 Å². The van der Waals surface area contributed by atoms with Crippen molar-refractivity contribution < 1.29 is 9.53 Å². The highest BCUT2D eigenvalue weighted by molar-refractivity contribution is 5.78. The minimum Gasteiger partial charge on any atom is -0.376 e. The Morgan fingerprint density at radius 3 is 2.80 bits per heavy atom. The first-order valence-corrected chi connectivity index (χ1v) is 5.96. The zero-order valence-corrected chi connectivity index (χ0v) is 9.13. The predicted octanol–water partition coefficient (Wildman–Crippen LogP) is 0.281. The summed E-state index contributed by atoms with van der Waals surface area (Å²) in [5.41, 5.74) is 0. The molecule has 0 radical (unpaired) electrons. The lowest BCUT2D eigenvalue weighted by atomic mass is 9.97. The summed E-state index contributed by atoms with van der Waals surface area (Å²) < 4.78 is 5.46. The number of hydrogen-bond donors (Lipinski definition) is 2. The summed E-state index contributed by atoms with van der Waals surface area (Å²) in [5, 5.41) is 6.26. The van der Waals surface area contributed by atoms with Crippen molar-refractivity contribution in [1.82, 2.24) is 10.6 Å². The van der Waals surface area contributed by atoms with Crippen LogP contribution < -0.4 is 10.6 Å². The molecular weight excluding hydrogens is 192 g/mol. The number of amides is 1. The van der Waals surface area contributed by atoms with E-state index >= 15 is 0 Å². The number of carbonyl (C=O) groups excluding carboxylic acids is 1. The van der Waals surface area contributed by atoms with E-state index in [9.17, 15) is 4.79 Å². The Labute approximate surface area is 90.8 Å². The Balaban J connectivity index is 1.66. The van der Waals surface area contributed by atoms with Gasteiger partial charge < -0.3 is 15.4 Å². The van der Waals surface area contributed by atoms with Gasteiger partial charge in [0.05, 0.1) is 6.10 Å². The van der Waals surface area contributed by atoms with E-state index in [2.05, 4.69) is 10.6 Å². The molecule has 0 bridgehead atoms. The highest BCUT2D eigenvalue weighted by Crippen LogP contribution is 2.13. The van der Waals surface area contributed by atoms with Gasteiger partial charge in [0.15, 0.2) is 0 Å². The van der Waals surface area contributed by atoms with Crippen molar-refractivity contribution in [3.63, 3.8) is 0 Å². The van der Waals surface area contributed by atoms with Gasteiger partial charge in [-0.2, -0.15) is 0 Å². The van der Waals surface area contributed by atoms with E-state index in [1.165, 1.54) is 0 Å². The third kappa shape index (κ3) is 3.18. The van der Waals surface area contributed by atoms with Gasteiger partial charge in [-0.05, 0) is 38.8 Å². The zero-order valence-electron chi connectivity index (χ0n) is 9.13. The van der Waals surface area contributed by atoms with Gasteiger partial charge in [0.25, 0.3) is 0 Å². The lowest BCUT2D eigenvalue weighted by Gasteiger charge is -2.22. The Kier molecular flexibility index (Phi) is 3.97. The predicted molar refractivity (Wildman–Crippen MR) is 57.6 cm³/mol. The highest BCUT2D eigenvalue weighted by atomic mass is 16.5. The third-order valence-electron chi connectivity index (χ3n) is 3.24. The first-order chi connectivity index (χ1) is 7.36. The smallest absolute Gasteiger partial charge is 0.223 e. The minimum absolute atomic E-state index is 0.215. The fourth-order valence-corrected chi connectivity index (χ4v) is 2.25. The average Bonchev–Trinajstić information content (AvgIpc) is 2.80. The first-order valence-electron chi connectivity index (χ1n) is 5.96. The number of piperidine rings is 1. The molecule has 1 amide bonds. The van der Waals surface area contributed by atoms with Crippen LogP contribution in [0.4, 0.5) is 0 Å². The number of carbonyl (C=O) groups is 1. The van der Waals surface area contributed by atoms with Crippen molar-refractivity contribution in [2.24, 2.45) is 5.92 Å². The summed E-state index contributed by atoms with van der Waals surface area (Å²) in [4.78, 5) is 11.8. The van der Waals surface area contributed by atoms with E-state index in [1.54, 1.807) is 0 Å². The molecule has 2 saturated heterocycles. The molecule has 0 spiro atoms. The van der Waals surface area contributed by atoms with Gasteiger partial charge in [0.1, 0.15) is 0 Å². The zero-order chi connectivity index (χ0) is 10.5. The lowest BCUT2D eigenvalue weighted by molar-refractivity contribution is -0.126. The van der Waals surface area contributed by atoms with Crippen molar-refractivity contribution in [3.05, 3.63) is 0 Å². The highest BCUT2D eigenvalue weighted by Gasteiger charge is 2.22. The van der Waals surface area contributed by atoms with Crippen LogP contribution in [-0.4, -0.2) is 38.3 Å². The second kappa shape index (κ2) is 5.47. The van der Waals surface area contributed by atoms with Crippen molar-refractivity contribution in [1.29, 1.82) is 0 Å². The fraction of sp³-hybridized carbons (Fsp3) is 0.909. The molecule has 2 rings (SSSR count). The van der Waals surface area contributed by atoms with Crippen molar-refractivity contribution >= 4 is 5.91 Å². The Hall–Kier alpha value is -0.610. The molecule has 86 valence electrons. The summed E-state index contributed by atoms with van der Waals surface area (Å²) >= 11 is 0. The molecule has 0 aromatic rings. The summed E-state index contributed by atoms with van der Waals surface area (Å²) in [7, 11) is 0. The van der Waals surface area contributed by atoms with E-state index in [0.717, 1.165) is 45.4 Å². The Bertz CT molecular complexity index is 209. The van der Waals surface area contributed by atoms with E-state index in [4.69, 9.17) is 4.74 Å². The monoisotopic (exact) mass is 212 g/mol. The topological polar surface area (TPSA) is 50.4 Å². The van der Waals surface area contributed by atoms with Crippen LogP contribution in [-0.2, 0) is 9.53 Å². The molecule has 2 N–H and O–H groups in total. The van der Waals surface area contributed by atoms with Crippen LogP contribution in [0.2, 0.25) is 0 Å². The fourth-order valence-electron chi connectivity index (χ4n) is 2.25. The molecule has 15 heavy (non-hydrogen) atoms. The Morgan fingerprint density at radius 2 is 2.13 bits per heavy atom. The van der Waals surface area contributed by atoms with Crippen LogP contribution in [0.25, 0.3) is 0 Å². The molecule has 2 aliphatic rings. The summed E-state index contributed by atoms with van der Waals surface area (Å²) in [6.45, 7) is 3.49. The van der Waals surface area contributed by atoms with E-state index in [1.807, 2.05) is 0 Å².